The lowest BCUT2D eigenvalue weighted by Gasteiger charge is -2.29. The summed E-state index contributed by atoms with van der Waals surface area (Å²) in [6.07, 6.45) is -3.35. The van der Waals surface area contributed by atoms with E-state index in [4.69, 9.17) is 4.74 Å². The minimum Gasteiger partial charge on any atom is -0.444 e. The second-order valence-corrected chi connectivity index (χ2v) is 7.26. The molecule has 8 heteroatoms. The molecule has 3 rings (SSSR count). The number of nitrogens with zero attached hydrogens (tertiary/aromatic N) is 2. The Kier molecular flexibility index (Phi) is 5.74. The van der Waals surface area contributed by atoms with Crippen LogP contribution in [0.5, 0.6) is 0 Å². The summed E-state index contributed by atoms with van der Waals surface area (Å²) < 4.78 is 44.1. The first-order valence-corrected chi connectivity index (χ1v) is 9.05. The molecule has 2 fully saturated rings. The molecule has 1 aromatic rings. The Morgan fingerprint density at radius 3 is 2.41 bits per heavy atom. The zero-order chi connectivity index (χ0) is 19.6. The number of piperidine rings is 1. The number of likely N-dealkylation sites (tertiary alicyclic amines) is 1. The van der Waals surface area contributed by atoms with Gasteiger partial charge >= 0.3 is 18.1 Å². The molecular formula is C19H23F3N2O3. The van der Waals surface area contributed by atoms with Crippen LogP contribution in [0.1, 0.15) is 30.7 Å². The van der Waals surface area contributed by atoms with Crippen molar-refractivity contribution in [2.24, 2.45) is 5.92 Å². The summed E-state index contributed by atoms with van der Waals surface area (Å²) in [6, 6.07) is 8.48. The largest absolute Gasteiger partial charge is 0.471 e. The van der Waals surface area contributed by atoms with Gasteiger partial charge in [0.25, 0.3) is 0 Å². The molecule has 1 heterocycles. The van der Waals surface area contributed by atoms with Crippen LogP contribution in [0.2, 0.25) is 0 Å². The zero-order valence-electron chi connectivity index (χ0n) is 15.1. The first-order valence-electron chi connectivity index (χ1n) is 9.05. The number of halogens is 3. The fourth-order valence-corrected chi connectivity index (χ4v) is 3.55. The van der Waals surface area contributed by atoms with Crippen LogP contribution in [-0.4, -0.2) is 60.8 Å². The average molecular weight is 384 g/mol. The maximum absolute atomic E-state index is 13.0. The van der Waals surface area contributed by atoms with E-state index in [0.29, 0.717) is 24.2 Å². The quantitative estimate of drug-likeness (QED) is 0.579. The van der Waals surface area contributed by atoms with E-state index in [1.54, 1.807) is 12.1 Å². The maximum Gasteiger partial charge on any atom is 0.471 e. The van der Waals surface area contributed by atoms with Crippen molar-refractivity contribution < 1.29 is 27.5 Å². The molecule has 0 unspecified atom stereocenters. The third-order valence-corrected chi connectivity index (χ3v) is 5.29. The number of benzene rings is 1. The number of carbonyl (C=O) groups is 2. The predicted octanol–water partition coefficient (Wildman–Crippen LogP) is 2.78. The monoisotopic (exact) mass is 384 g/mol. The van der Waals surface area contributed by atoms with Crippen molar-refractivity contribution in [3.8, 4) is 0 Å². The minimum atomic E-state index is -5.00. The first-order chi connectivity index (χ1) is 12.8. The second-order valence-electron chi connectivity index (χ2n) is 7.26. The van der Waals surface area contributed by atoms with Crippen molar-refractivity contribution in [2.75, 3.05) is 26.9 Å². The molecular weight excluding hydrogens is 361 g/mol. The molecule has 0 N–H and O–H groups in total. The highest BCUT2D eigenvalue weighted by atomic mass is 19.4. The zero-order valence-corrected chi connectivity index (χ0v) is 15.1. The van der Waals surface area contributed by atoms with Gasteiger partial charge in [-0.1, -0.05) is 30.3 Å². The fraction of sp³-hybridized carbons (Fsp3) is 0.579. The lowest BCUT2D eigenvalue weighted by atomic mass is 9.97. The van der Waals surface area contributed by atoms with Gasteiger partial charge in [0.15, 0.2) is 6.73 Å². The number of rotatable bonds is 5. The number of esters is 1. The molecule has 148 valence electrons. The van der Waals surface area contributed by atoms with Crippen molar-refractivity contribution >= 4 is 11.9 Å². The molecule has 1 saturated heterocycles. The fourth-order valence-electron chi connectivity index (χ4n) is 3.55. The van der Waals surface area contributed by atoms with Crippen LogP contribution in [0.4, 0.5) is 13.2 Å². The van der Waals surface area contributed by atoms with Gasteiger partial charge in [0, 0.05) is 12.0 Å². The predicted molar refractivity (Wildman–Crippen MR) is 91.7 cm³/mol. The third-order valence-electron chi connectivity index (χ3n) is 5.29. The van der Waals surface area contributed by atoms with Gasteiger partial charge in [0.1, 0.15) is 0 Å². The van der Waals surface area contributed by atoms with Crippen LogP contribution in [0.3, 0.4) is 0 Å². The summed E-state index contributed by atoms with van der Waals surface area (Å²) in [6.45, 7) is 0.824. The van der Waals surface area contributed by atoms with Crippen molar-refractivity contribution in [1.29, 1.82) is 0 Å². The minimum absolute atomic E-state index is 0.167. The summed E-state index contributed by atoms with van der Waals surface area (Å²) in [5.74, 6) is -2.98. The van der Waals surface area contributed by atoms with E-state index in [9.17, 15) is 22.8 Å². The normalized spacial score (nSPS) is 23.7. The Bertz CT molecular complexity index is 673. The average Bonchev–Trinajstić information content (AvgIpc) is 3.42. The molecule has 1 saturated carbocycles. The van der Waals surface area contributed by atoms with Crippen molar-refractivity contribution in [2.45, 2.75) is 37.4 Å². The van der Waals surface area contributed by atoms with E-state index in [-0.39, 0.29) is 11.8 Å². The van der Waals surface area contributed by atoms with E-state index < -0.39 is 30.8 Å². The molecule has 27 heavy (non-hydrogen) atoms. The van der Waals surface area contributed by atoms with Gasteiger partial charge in [0.05, 0.1) is 5.92 Å². The number of hydrogen-bond donors (Lipinski definition) is 0. The number of hydrogen-bond acceptors (Lipinski definition) is 4. The van der Waals surface area contributed by atoms with Gasteiger partial charge in [-0.25, -0.2) is 0 Å². The molecule has 0 spiro atoms. The van der Waals surface area contributed by atoms with Gasteiger partial charge in [-0.05, 0) is 45.0 Å². The lowest BCUT2D eigenvalue weighted by molar-refractivity contribution is -0.193. The SMILES string of the molecule is CN1CCC(C(=O)OCN(C(=O)C(F)(F)F)[C@@H]2C[C@H]2c2ccccc2)CC1. The van der Waals surface area contributed by atoms with Crippen LogP contribution in [0.25, 0.3) is 0 Å². The molecule has 0 radical (unpaired) electrons. The highest BCUT2D eigenvalue weighted by Crippen LogP contribution is 2.45. The van der Waals surface area contributed by atoms with Crippen molar-refractivity contribution in [3.05, 3.63) is 35.9 Å². The molecule has 1 aliphatic heterocycles. The third kappa shape index (κ3) is 4.80. The van der Waals surface area contributed by atoms with E-state index >= 15 is 0 Å². The van der Waals surface area contributed by atoms with Gasteiger partial charge in [0.2, 0.25) is 0 Å². The first kappa shape index (κ1) is 19.7. The second kappa shape index (κ2) is 7.88. The van der Waals surface area contributed by atoms with Crippen LogP contribution in [-0.2, 0) is 14.3 Å². The van der Waals surface area contributed by atoms with E-state index in [0.717, 1.165) is 18.7 Å². The molecule has 1 aromatic carbocycles. The number of alkyl halides is 3. The van der Waals surface area contributed by atoms with Gasteiger partial charge in [-0.15, -0.1) is 0 Å². The van der Waals surface area contributed by atoms with Crippen molar-refractivity contribution in [1.82, 2.24) is 9.80 Å². The van der Waals surface area contributed by atoms with Gasteiger partial charge in [-0.3, -0.25) is 14.5 Å². The molecule has 0 aromatic heterocycles. The summed E-state index contributed by atoms with van der Waals surface area (Å²) >= 11 is 0. The number of ether oxygens (including phenoxy) is 1. The summed E-state index contributed by atoms with van der Waals surface area (Å²) in [5, 5.41) is 0. The topological polar surface area (TPSA) is 49.9 Å². The number of carbonyl (C=O) groups excluding carboxylic acids is 2. The Hall–Kier alpha value is -2.09. The standard InChI is InChI=1S/C19H23F3N2O3/c1-23-9-7-14(8-10-23)17(25)27-12-24(18(26)19(20,21)22)16-11-15(16)13-5-3-2-4-6-13/h2-6,14-16H,7-12H2,1H3/t15-,16+/m0/s1. The Morgan fingerprint density at radius 1 is 1.19 bits per heavy atom. The van der Waals surface area contributed by atoms with E-state index in [1.165, 1.54) is 0 Å². The molecule has 1 amide bonds. The van der Waals surface area contributed by atoms with E-state index in [1.807, 2.05) is 25.2 Å². The molecule has 1 aliphatic carbocycles. The highest BCUT2D eigenvalue weighted by molar-refractivity contribution is 5.83. The molecule has 0 bridgehead atoms. The summed E-state index contributed by atoms with van der Waals surface area (Å²) in [5.41, 5.74) is 0.879. The summed E-state index contributed by atoms with van der Waals surface area (Å²) in [7, 11) is 1.95. The van der Waals surface area contributed by atoms with Crippen LogP contribution >= 0.6 is 0 Å². The summed E-state index contributed by atoms with van der Waals surface area (Å²) in [4.78, 5) is 26.8. The number of amides is 1. The smallest absolute Gasteiger partial charge is 0.444 e. The van der Waals surface area contributed by atoms with E-state index in [2.05, 4.69) is 4.90 Å². The Balaban J connectivity index is 1.63. The molecule has 2 atom stereocenters. The van der Waals surface area contributed by atoms with Crippen LogP contribution < -0.4 is 0 Å². The van der Waals surface area contributed by atoms with Gasteiger partial charge < -0.3 is 9.64 Å². The molecule has 5 nitrogen and oxygen atoms in total. The Labute approximate surface area is 156 Å². The molecule has 2 aliphatic rings. The lowest BCUT2D eigenvalue weighted by Crippen LogP contribution is -2.45. The van der Waals surface area contributed by atoms with Crippen molar-refractivity contribution in [3.63, 3.8) is 0 Å². The highest BCUT2D eigenvalue weighted by Gasteiger charge is 2.52. The maximum atomic E-state index is 13.0. The van der Waals surface area contributed by atoms with Gasteiger partial charge in [-0.2, -0.15) is 13.2 Å². The van der Waals surface area contributed by atoms with Crippen LogP contribution in [0, 0.1) is 5.92 Å². The van der Waals surface area contributed by atoms with Crippen LogP contribution in [0.15, 0.2) is 30.3 Å². The Morgan fingerprint density at radius 2 is 1.81 bits per heavy atom.